The highest BCUT2D eigenvalue weighted by atomic mass is 35.5. The first-order valence-electron chi connectivity index (χ1n) is 11.0. The number of anilines is 3. The Morgan fingerprint density at radius 1 is 0.946 bits per heavy atom. The molecule has 0 spiro atoms. The topological polar surface area (TPSA) is 123 Å². The molecule has 4 rings (SSSR count). The number of aromatic carboxylic acids is 1. The molecule has 0 aliphatic rings. The molecule has 1 aromatic heterocycles. The fraction of sp³-hybridized carbons (Fsp3) is 0.0357. The van der Waals surface area contributed by atoms with E-state index in [1.54, 1.807) is 42.6 Å². The third kappa shape index (κ3) is 5.48. The summed E-state index contributed by atoms with van der Waals surface area (Å²) in [5.41, 5.74) is 1.83. The Bertz CT molecular complexity index is 1540. The van der Waals surface area contributed by atoms with Crippen LogP contribution in [0.4, 0.5) is 17.1 Å². The van der Waals surface area contributed by atoms with Crippen LogP contribution in [0.1, 0.15) is 42.3 Å². The van der Waals surface area contributed by atoms with Crippen molar-refractivity contribution in [2.75, 3.05) is 17.3 Å². The second-order valence-corrected chi connectivity index (χ2v) is 8.38. The predicted molar refractivity (Wildman–Crippen MR) is 140 cm³/mol. The third-order valence-electron chi connectivity index (χ3n) is 5.63. The first kappa shape index (κ1) is 25.1. The Labute approximate surface area is 217 Å². The Morgan fingerprint density at radius 3 is 2.30 bits per heavy atom. The number of hydrogen-bond donors (Lipinski definition) is 2. The number of carbonyl (C=O) groups is 3. The Balaban J connectivity index is 1.56. The van der Waals surface area contributed by atoms with Crippen molar-refractivity contribution in [3.8, 4) is 6.07 Å². The summed E-state index contributed by atoms with van der Waals surface area (Å²) in [6.45, 7) is 0. The number of ketones is 1. The van der Waals surface area contributed by atoms with Gasteiger partial charge in [0, 0.05) is 23.3 Å². The average molecular weight is 511 g/mol. The van der Waals surface area contributed by atoms with E-state index in [9.17, 15) is 24.8 Å². The maximum Gasteiger partial charge on any atom is 0.337 e. The van der Waals surface area contributed by atoms with E-state index in [0.29, 0.717) is 5.02 Å². The molecule has 1 heterocycles. The summed E-state index contributed by atoms with van der Waals surface area (Å²) in [5, 5.41) is 22.1. The Hall–Kier alpha value is -5.00. The molecule has 2 N–H and O–H groups in total. The average Bonchev–Trinajstić information content (AvgIpc) is 2.92. The number of hydrogen-bond acceptors (Lipinski definition) is 6. The lowest BCUT2D eigenvalue weighted by atomic mass is 10.0. The molecular formula is C28H19ClN4O4. The standard InChI is InChI=1S/C28H19ClN4O4/c1-33(20-9-7-19(29)8-10-20)21-11-13-25(31-16-21)26(34)17-6-12-24(23(14-17)28(36)37)32-27(35)22-5-3-2-4-18(22)15-30/h2-14,16H,1H3,(H,32,35)(H,36,37). The second kappa shape index (κ2) is 10.7. The molecule has 1 amide bonds. The summed E-state index contributed by atoms with van der Waals surface area (Å²) in [6, 6.07) is 22.6. The minimum Gasteiger partial charge on any atom is -0.478 e. The summed E-state index contributed by atoms with van der Waals surface area (Å²) >= 11 is 5.94. The lowest BCUT2D eigenvalue weighted by molar-refractivity contribution is 0.0698. The maximum absolute atomic E-state index is 13.0. The number of aromatic nitrogens is 1. The van der Waals surface area contributed by atoms with Gasteiger partial charge < -0.3 is 15.3 Å². The van der Waals surface area contributed by atoms with Crippen LogP contribution in [-0.4, -0.2) is 34.8 Å². The predicted octanol–water partition coefficient (Wildman–Crippen LogP) is 5.56. The van der Waals surface area contributed by atoms with Crippen LogP contribution in [0.2, 0.25) is 5.02 Å². The quantitative estimate of drug-likeness (QED) is 0.312. The molecular weight excluding hydrogens is 492 g/mol. The van der Waals surface area contributed by atoms with E-state index < -0.39 is 17.7 Å². The summed E-state index contributed by atoms with van der Waals surface area (Å²) in [4.78, 5) is 43.8. The highest BCUT2D eigenvalue weighted by molar-refractivity contribution is 6.30. The number of amides is 1. The zero-order valence-corrected chi connectivity index (χ0v) is 20.2. The van der Waals surface area contributed by atoms with Crippen molar-refractivity contribution in [2.45, 2.75) is 0 Å². The van der Waals surface area contributed by atoms with Crippen molar-refractivity contribution in [3.63, 3.8) is 0 Å². The molecule has 0 aliphatic heterocycles. The molecule has 0 saturated heterocycles. The lowest BCUT2D eigenvalue weighted by Gasteiger charge is -2.19. The molecule has 182 valence electrons. The fourth-order valence-electron chi connectivity index (χ4n) is 3.62. The first-order chi connectivity index (χ1) is 17.8. The number of pyridine rings is 1. The minimum absolute atomic E-state index is 0.00492. The summed E-state index contributed by atoms with van der Waals surface area (Å²) in [5.74, 6) is -2.44. The second-order valence-electron chi connectivity index (χ2n) is 7.94. The van der Waals surface area contributed by atoms with Crippen LogP contribution in [0.15, 0.2) is 85.1 Å². The molecule has 37 heavy (non-hydrogen) atoms. The molecule has 0 unspecified atom stereocenters. The number of carbonyl (C=O) groups excluding carboxylic acids is 2. The zero-order chi connectivity index (χ0) is 26.5. The van der Waals surface area contributed by atoms with Gasteiger partial charge in [-0.2, -0.15) is 5.26 Å². The molecule has 0 aliphatic carbocycles. The molecule has 4 aromatic rings. The molecule has 8 nitrogen and oxygen atoms in total. The van der Waals surface area contributed by atoms with Crippen LogP contribution >= 0.6 is 11.6 Å². The van der Waals surface area contributed by atoms with Crippen molar-refractivity contribution in [1.82, 2.24) is 4.98 Å². The van der Waals surface area contributed by atoms with E-state index in [4.69, 9.17) is 11.6 Å². The van der Waals surface area contributed by atoms with Gasteiger partial charge in [0.25, 0.3) is 5.91 Å². The van der Waals surface area contributed by atoms with Gasteiger partial charge in [-0.3, -0.25) is 14.6 Å². The van der Waals surface area contributed by atoms with E-state index in [2.05, 4.69) is 10.3 Å². The van der Waals surface area contributed by atoms with E-state index in [0.717, 1.165) is 11.4 Å². The van der Waals surface area contributed by atoms with Gasteiger partial charge >= 0.3 is 5.97 Å². The highest BCUT2D eigenvalue weighted by Gasteiger charge is 2.19. The normalized spacial score (nSPS) is 10.3. The van der Waals surface area contributed by atoms with Crippen LogP contribution in [0, 0.1) is 11.3 Å². The first-order valence-corrected chi connectivity index (χ1v) is 11.3. The lowest BCUT2D eigenvalue weighted by Crippen LogP contribution is -2.17. The van der Waals surface area contributed by atoms with Gasteiger partial charge in [0.2, 0.25) is 5.78 Å². The number of carboxylic acids is 1. The van der Waals surface area contributed by atoms with Crippen molar-refractivity contribution < 1.29 is 19.5 Å². The van der Waals surface area contributed by atoms with Crippen LogP contribution in [-0.2, 0) is 0 Å². The SMILES string of the molecule is CN(c1ccc(Cl)cc1)c1ccc(C(=O)c2ccc(NC(=O)c3ccccc3C#N)c(C(=O)O)c2)nc1. The van der Waals surface area contributed by atoms with Crippen molar-refractivity contribution >= 4 is 46.3 Å². The number of rotatable bonds is 7. The van der Waals surface area contributed by atoms with Gasteiger partial charge in [0.15, 0.2) is 0 Å². The van der Waals surface area contributed by atoms with E-state index in [1.165, 1.54) is 30.3 Å². The molecule has 0 fully saturated rings. The smallest absolute Gasteiger partial charge is 0.337 e. The number of benzene rings is 3. The number of halogens is 1. The van der Waals surface area contributed by atoms with Gasteiger partial charge in [-0.15, -0.1) is 0 Å². The fourth-order valence-corrected chi connectivity index (χ4v) is 3.75. The minimum atomic E-state index is -1.33. The number of nitrogens with one attached hydrogen (secondary N) is 1. The van der Waals surface area contributed by atoms with Crippen LogP contribution < -0.4 is 10.2 Å². The van der Waals surface area contributed by atoms with Crippen LogP contribution in [0.5, 0.6) is 0 Å². The Kier molecular flexibility index (Phi) is 7.28. The molecule has 0 atom stereocenters. The van der Waals surface area contributed by atoms with Gasteiger partial charge in [-0.25, -0.2) is 4.79 Å². The van der Waals surface area contributed by atoms with Crippen molar-refractivity contribution in [3.05, 3.63) is 118 Å². The monoisotopic (exact) mass is 510 g/mol. The third-order valence-corrected chi connectivity index (χ3v) is 5.89. The van der Waals surface area contributed by atoms with Crippen molar-refractivity contribution in [2.24, 2.45) is 0 Å². The van der Waals surface area contributed by atoms with Gasteiger partial charge in [0.05, 0.1) is 40.3 Å². The number of nitrogens with zero attached hydrogens (tertiary/aromatic N) is 3. The molecule has 0 bridgehead atoms. The zero-order valence-electron chi connectivity index (χ0n) is 19.5. The molecule has 9 heteroatoms. The summed E-state index contributed by atoms with van der Waals surface area (Å²) in [6.07, 6.45) is 1.54. The van der Waals surface area contributed by atoms with Crippen LogP contribution in [0.3, 0.4) is 0 Å². The van der Waals surface area contributed by atoms with Gasteiger partial charge in [-0.05, 0) is 66.7 Å². The highest BCUT2D eigenvalue weighted by Crippen LogP contribution is 2.25. The molecule has 3 aromatic carbocycles. The van der Waals surface area contributed by atoms with E-state index >= 15 is 0 Å². The van der Waals surface area contributed by atoms with Gasteiger partial charge in [-0.1, -0.05) is 23.7 Å². The summed E-state index contributed by atoms with van der Waals surface area (Å²) < 4.78 is 0. The van der Waals surface area contributed by atoms with Crippen LogP contribution in [0.25, 0.3) is 0 Å². The van der Waals surface area contributed by atoms with E-state index in [-0.39, 0.29) is 33.6 Å². The number of nitriles is 1. The van der Waals surface area contributed by atoms with E-state index in [1.807, 2.05) is 30.1 Å². The largest absolute Gasteiger partial charge is 0.478 e. The van der Waals surface area contributed by atoms with Crippen molar-refractivity contribution in [1.29, 1.82) is 5.26 Å². The summed E-state index contributed by atoms with van der Waals surface area (Å²) in [7, 11) is 1.85. The maximum atomic E-state index is 13.0. The molecule has 0 radical (unpaired) electrons. The number of carboxylic acid groups (broad SMARTS) is 1. The van der Waals surface area contributed by atoms with Gasteiger partial charge in [0.1, 0.15) is 5.69 Å². The Morgan fingerprint density at radius 2 is 1.65 bits per heavy atom. The molecule has 0 saturated carbocycles.